The molecule has 0 aromatic heterocycles. The number of benzene rings is 2. The smallest absolute Gasteiger partial charge is 0.242 e. The molecule has 0 heterocycles. The van der Waals surface area contributed by atoms with Gasteiger partial charge in [-0.15, -0.1) is 0 Å². The Hall–Kier alpha value is -2.18. The van der Waals surface area contributed by atoms with Crippen LogP contribution in [0.25, 0.3) is 11.1 Å². The van der Waals surface area contributed by atoms with Crippen molar-refractivity contribution >= 4 is 21.6 Å². The van der Waals surface area contributed by atoms with Gasteiger partial charge in [0.15, 0.2) is 0 Å². The molecule has 0 radical (unpaired) electrons. The van der Waals surface area contributed by atoms with Gasteiger partial charge in [-0.1, -0.05) is 31.2 Å². The molecule has 0 saturated carbocycles. The topological polar surface area (TPSA) is 57.7 Å². The van der Waals surface area contributed by atoms with Crippen molar-refractivity contribution in [1.29, 1.82) is 0 Å². The summed E-state index contributed by atoms with van der Waals surface area (Å²) in [4.78, 5) is 13.6. The maximum absolute atomic E-state index is 12.1. The maximum atomic E-state index is 12.1. The molecule has 2 aromatic rings. The van der Waals surface area contributed by atoms with Crippen molar-refractivity contribution in [2.24, 2.45) is 0 Å². The minimum Gasteiger partial charge on any atom is -0.316 e. The number of carbonyl (C=O) groups is 1. The Morgan fingerprint density at radius 3 is 1.75 bits per heavy atom. The molecule has 2 aromatic carbocycles. The highest BCUT2D eigenvalue weighted by Gasteiger charge is 2.16. The summed E-state index contributed by atoms with van der Waals surface area (Å²) >= 11 is 0. The van der Waals surface area contributed by atoms with E-state index in [0.29, 0.717) is 6.42 Å². The molecular formula is C18H22N2O3S. The number of hydrogen-bond donors (Lipinski definition) is 0. The molecule has 0 aliphatic rings. The zero-order chi connectivity index (χ0) is 17.9. The molecule has 24 heavy (non-hydrogen) atoms. The van der Waals surface area contributed by atoms with Gasteiger partial charge in [-0.05, 0) is 35.4 Å². The van der Waals surface area contributed by atoms with Crippen molar-refractivity contribution < 1.29 is 13.2 Å². The van der Waals surface area contributed by atoms with Crippen LogP contribution in [0.5, 0.6) is 0 Å². The van der Waals surface area contributed by atoms with Gasteiger partial charge in [-0.2, -0.15) is 0 Å². The number of rotatable bonds is 5. The van der Waals surface area contributed by atoms with E-state index >= 15 is 0 Å². The van der Waals surface area contributed by atoms with E-state index in [0.717, 1.165) is 16.8 Å². The molecule has 0 N–H and O–H groups in total. The monoisotopic (exact) mass is 346 g/mol. The van der Waals surface area contributed by atoms with Crippen LogP contribution in [0.1, 0.15) is 13.3 Å². The highest BCUT2D eigenvalue weighted by molar-refractivity contribution is 7.89. The quantitative estimate of drug-likeness (QED) is 0.836. The number of hydrogen-bond acceptors (Lipinski definition) is 3. The molecule has 0 aliphatic carbocycles. The first kappa shape index (κ1) is 18.2. The summed E-state index contributed by atoms with van der Waals surface area (Å²) in [6, 6.07) is 14.4. The molecule has 128 valence electrons. The Bertz CT molecular complexity index is 810. The minimum atomic E-state index is -3.42. The van der Waals surface area contributed by atoms with E-state index in [1.54, 1.807) is 36.2 Å². The average molecular weight is 346 g/mol. The number of sulfonamides is 1. The highest BCUT2D eigenvalue weighted by Crippen LogP contribution is 2.25. The van der Waals surface area contributed by atoms with Gasteiger partial charge in [0.25, 0.3) is 0 Å². The van der Waals surface area contributed by atoms with Gasteiger partial charge in [0.05, 0.1) is 4.90 Å². The number of nitrogens with zero attached hydrogens (tertiary/aromatic N) is 2. The first-order valence-electron chi connectivity index (χ1n) is 7.67. The Morgan fingerprint density at radius 2 is 1.33 bits per heavy atom. The van der Waals surface area contributed by atoms with Gasteiger partial charge >= 0.3 is 0 Å². The predicted molar refractivity (Wildman–Crippen MR) is 96.5 cm³/mol. The lowest BCUT2D eigenvalue weighted by Crippen LogP contribution is -2.24. The molecule has 0 bridgehead atoms. The molecule has 0 aliphatic heterocycles. The summed E-state index contributed by atoms with van der Waals surface area (Å²) in [7, 11) is 1.35. The van der Waals surface area contributed by atoms with Crippen molar-refractivity contribution in [1.82, 2.24) is 4.31 Å². The van der Waals surface area contributed by atoms with Crippen molar-refractivity contribution in [3.05, 3.63) is 48.5 Å². The van der Waals surface area contributed by atoms with E-state index in [1.165, 1.54) is 18.4 Å². The van der Waals surface area contributed by atoms with Crippen LogP contribution in [0.4, 0.5) is 5.69 Å². The van der Waals surface area contributed by atoms with E-state index in [2.05, 4.69) is 0 Å². The lowest BCUT2D eigenvalue weighted by Gasteiger charge is -2.17. The lowest BCUT2D eigenvalue weighted by molar-refractivity contribution is -0.118. The SMILES string of the molecule is CCC(=O)N(C)c1ccc(-c2ccc(S(=O)(=O)N(C)C)cc2)cc1. The molecule has 0 atom stereocenters. The van der Waals surface area contributed by atoms with Crippen molar-refractivity contribution in [3.8, 4) is 11.1 Å². The van der Waals surface area contributed by atoms with Crippen LogP contribution in [0.15, 0.2) is 53.4 Å². The number of amides is 1. The Balaban J connectivity index is 2.26. The fourth-order valence-corrected chi connectivity index (χ4v) is 3.19. The van der Waals surface area contributed by atoms with Gasteiger partial charge in [0.1, 0.15) is 0 Å². The van der Waals surface area contributed by atoms with Gasteiger partial charge < -0.3 is 4.90 Å². The molecular weight excluding hydrogens is 324 g/mol. The van der Waals surface area contributed by atoms with Crippen molar-refractivity contribution in [2.75, 3.05) is 26.0 Å². The van der Waals surface area contributed by atoms with Crippen LogP contribution in [0.3, 0.4) is 0 Å². The van der Waals surface area contributed by atoms with Crippen molar-refractivity contribution in [3.63, 3.8) is 0 Å². The van der Waals surface area contributed by atoms with Gasteiger partial charge in [-0.3, -0.25) is 4.79 Å². The average Bonchev–Trinajstić information content (AvgIpc) is 2.60. The summed E-state index contributed by atoms with van der Waals surface area (Å²) in [5.41, 5.74) is 2.71. The molecule has 1 amide bonds. The second-order valence-corrected chi connectivity index (χ2v) is 7.82. The highest BCUT2D eigenvalue weighted by atomic mass is 32.2. The van der Waals surface area contributed by atoms with Crippen LogP contribution >= 0.6 is 0 Å². The zero-order valence-electron chi connectivity index (χ0n) is 14.4. The summed E-state index contributed by atoms with van der Waals surface area (Å²) in [6.45, 7) is 1.83. The van der Waals surface area contributed by atoms with Crippen molar-refractivity contribution in [2.45, 2.75) is 18.2 Å². The minimum absolute atomic E-state index is 0.0565. The van der Waals surface area contributed by atoms with E-state index < -0.39 is 10.0 Å². The fourth-order valence-electron chi connectivity index (χ4n) is 2.29. The standard InChI is InChI=1S/C18H22N2O3S/c1-5-18(21)20(4)16-10-6-14(7-11-16)15-8-12-17(13-9-15)24(22,23)19(2)3/h6-13H,5H2,1-4H3. The molecule has 6 heteroatoms. The molecule has 0 spiro atoms. The van der Waals surface area contributed by atoms with Gasteiger partial charge in [0.2, 0.25) is 15.9 Å². The van der Waals surface area contributed by atoms with Crippen LogP contribution in [0.2, 0.25) is 0 Å². The van der Waals surface area contributed by atoms with E-state index in [4.69, 9.17) is 0 Å². The Labute approximate surface area is 143 Å². The molecule has 0 saturated heterocycles. The molecule has 0 fully saturated rings. The predicted octanol–water partition coefficient (Wildman–Crippen LogP) is 2.98. The second-order valence-electron chi connectivity index (χ2n) is 5.66. The second kappa shape index (κ2) is 7.15. The fraction of sp³-hybridized carbons (Fsp3) is 0.278. The third-order valence-corrected chi connectivity index (χ3v) is 5.73. The summed E-state index contributed by atoms with van der Waals surface area (Å²) < 4.78 is 25.4. The number of anilines is 1. The first-order chi connectivity index (χ1) is 11.3. The molecule has 0 unspecified atom stereocenters. The summed E-state index contributed by atoms with van der Waals surface area (Å²) in [6.07, 6.45) is 0.458. The Kier molecular flexibility index (Phi) is 5.41. The third kappa shape index (κ3) is 3.66. The largest absolute Gasteiger partial charge is 0.316 e. The van der Waals surface area contributed by atoms with Gasteiger partial charge in [0, 0.05) is 33.3 Å². The van der Waals surface area contributed by atoms with E-state index in [1.807, 2.05) is 31.2 Å². The third-order valence-electron chi connectivity index (χ3n) is 3.90. The lowest BCUT2D eigenvalue weighted by atomic mass is 10.1. The van der Waals surface area contributed by atoms with Crippen LogP contribution in [-0.4, -0.2) is 39.8 Å². The van der Waals surface area contributed by atoms with Gasteiger partial charge in [-0.25, -0.2) is 12.7 Å². The molecule has 5 nitrogen and oxygen atoms in total. The van der Waals surface area contributed by atoms with Crippen LogP contribution < -0.4 is 4.90 Å². The normalized spacial score (nSPS) is 11.5. The summed E-state index contributed by atoms with van der Waals surface area (Å²) in [5.74, 6) is 0.0565. The molecule has 2 rings (SSSR count). The zero-order valence-corrected chi connectivity index (χ0v) is 15.2. The Morgan fingerprint density at radius 1 is 0.875 bits per heavy atom. The van der Waals surface area contributed by atoms with Crippen LogP contribution in [0, 0.1) is 0 Å². The van der Waals surface area contributed by atoms with E-state index in [-0.39, 0.29) is 10.8 Å². The summed E-state index contributed by atoms with van der Waals surface area (Å²) in [5, 5.41) is 0. The first-order valence-corrected chi connectivity index (χ1v) is 9.11. The maximum Gasteiger partial charge on any atom is 0.242 e. The van der Waals surface area contributed by atoms with E-state index in [9.17, 15) is 13.2 Å². The number of carbonyl (C=O) groups excluding carboxylic acids is 1. The van der Waals surface area contributed by atoms with Crippen LogP contribution in [-0.2, 0) is 14.8 Å².